The van der Waals surface area contributed by atoms with Gasteiger partial charge in [-0.15, -0.1) is 0 Å². The van der Waals surface area contributed by atoms with Crippen LogP contribution in [-0.4, -0.2) is 46.2 Å². The van der Waals surface area contributed by atoms with Gasteiger partial charge in [-0.3, -0.25) is 14.5 Å². The minimum Gasteiger partial charge on any atom is -0.468 e. The Morgan fingerprint density at radius 3 is 2.73 bits per heavy atom. The summed E-state index contributed by atoms with van der Waals surface area (Å²) in [6.07, 6.45) is 1.87. The van der Waals surface area contributed by atoms with Gasteiger partial charge in [-0.1, -0.05) is 18.2 Å². The van der Waals surface area contributed by atoms with E-state index in [9.17, 15) is 18.0 Å². The zero-order valence-corrected chi connectivity index (χ0v) is 13.2. The number of hydrogen-bond acceptors (Lipinski definition) is 5. The van der Waals surface area contributed by atoms with Crippen LogP contribution in [0.25, 0.3) is 0 Å². The Morgan fingerprint density at radius 2 is 2.09 bits per heavy atom. The molecule has 22 heavy (non-hydrogen) atoms. The number of carbonyl (C=O) groups is 2. The van der Waals surface area contributed by atoms with Gasteiger partial charge in [-0.25, -0.2) is 13.1 Å². The highest BCUT2D eigenvalue weighted by Crippen LogP contribution is 2.27. The molecule has 0 aliphatic carbocycles. The van der Waals surface area contributed by atoms with Crippen LogP contribution in [0.4, 0.5) is 5.69 Å². The summed E-state index contributed by atoms with van der Waals surface area (Å²) in [6, 6.07) is 6.30. The molecule has 1 unspecified atom stereocenters. The smallest absolute Gasteiger partial charge is 0.325 e. The minimum absolute atomic E-state index is 0.256. The molecule has 0 saturated heterocycles. The Bertz CT molecular complexity index is 686. The predicted octanol–water partition coefficient (Wildman–Crippen LogP) is 0.0566. The Kier molecular flexibility index (Phi) is 4.82. The van der Waals surface area contributed by atoms with Gasteiger partial charge in [0.05, 0.1) is 13.4 Å². The number of aryl methyl sites for hydroxylation is 1. The number of nitrogens with zero attached hydrogens (tertiary/aromatic N) is 1. The lowest BCUT2D eigenvalue weighted by Crippen LogP contribution is -2.49. The summed E-state index contributed by atoms with van der Waals surface area (Å²) in [5.74, 6) is -1.02. The minimum atomic E-state index is -3.53. The Morgan fingerprint density at radius 1 is 1.41 bits per heavy atom. The summed E-state index contributed by atoms with van der Waals surface area (Å²) in [6.45, 7) is -0.256. The van der Waals surface area contributed by atoms with E-state index in [0.29, 0.717) is 18.5 Å². The van der Waals surface area contributed by atoms with Crippen LogP contribution in [0.2, 0.25) is 0 Å². The highest BCUT2D eigenvalue weighted by molar-refractivity contribution is 7.88. The molecule has 1 heterocycles. The number of hydrogen-bond donors (Lipinski definition) is 1. The second kappa shape index (κ2) is 6.45. The molecule has 7 nitrogen and oxygen atoms in total. The van der Waals surface area contributed by atoms with Crippen molar-refractivity contribution < 1.29 is 22.7 Å². The maximum Gasteiger partial charge on any atom is 0.325 e. The van der Waals surface area contributed by atoms with E-state index in [1.54, 1.807) is 12.1 Å². The number of nitrogens with one attached hydrogen (secondary N) is 1. The van der Waals surface area contributed by atoms with E-state index in [1.165, 1.54) is 12.0 Å². The summed E-state index contributed by atoms with van der Waals surface area (Å²) in [5, 5.41) is 0. The zero-order chi connectivity index (χ0) is 16.3. The molecule has 0 aromatic heterocycles. The van der Waals surface area contributed by atoms with E-state index < -0.39 is 27.9 Å². The quantitative estimate of drug-likeness (QED) is 0.790. The number of benzene rings is 1. The van der Waals surface area contributed by atoms with E-state index in [-0.39, 0.29) is 6.54 Å². The van der Waals surface area contributed by atoms with Crippen LogP contribution < -0.4 is 9.62 Å². The van der Waals surface area contributed by atoms with Gasteiger partial charge in [0.1, 0.15) is 12.6 Å². The highest BCUT2D eigenvalue weighted by Gasteiger charge is 2.33. The van der Waals surface area contributed by atoms with Gasteiger partial charge in [0.15, 0.2) is 0 Å². The largest absolute Gasteiger partial charge is 0.468 e. The topological polar surface area (TPSA) is 92.8 Å². The first-order valence-corrected chi connectivity index (χ1v) is 8.64. The molecule has 1 aliphatic rings. The van der Waals surface area contributed by atoms with E-state index in [1.807, 2.05) is 12.1 Å². The molecule has 0 bridgehead atoms. The first-order valence-electron chi connectivity index (χ1n) is 6.75. The molecule has 2 rings (SSSR count). The molecule has 0 spiro atoms. The molecule has 1 aliphatic heterocycles. The van der Waals surface area contributed by atoms with Crippen molar-refractivity contribution in [2.45, 2.75) is 18.9 Å². The number of methoxy groups -OCH3 is 1. The molecule has 1 N–H and O–H groups in total. The van der Waals surface area contributed by atoms with Crippen LogP contribution in [-0.2, 0) is 30.8 Å². The SMILES string of the molecule is COC(=O)CN1C(=O)C(NS(C)(=O)=O)CCc2ccccc21. The van der Waals surface area contributed by atoms with Crippen molar-refractivity contribution in [3.63, 3.8) is 0 Å². The van der Waals surface area contributed by atoms with Crippen molar-refractivity contribution in [3.05, 3.63) is 29.8 Å². The lowest BCUT2D eigenvalue weighted by molar-refractivity contribution is -0.140. The van der Waals surface area contributed by atoms with E-state index in [0.717, 1.165) is 11.8 Å². The summed E-state index contributed by atoms with van der Waals surface area (Å²) >= 11 is 0. The number of sulfonamides is 1. The Hall–Kier alpha value is -1.93. The van der Waals surface area contributed by atoms with Crippen molar-refractivity contribution in [3.8, 4) is 0 Å². The molecule has 120 valence electrons. The van der Waals surface area contributed by atoms with Gasteiger partial charge >= 0.3 is 5.97 Å². The second-order valence-electron chi connectivity index (χ2n) is 5.11. The van der Waals surface area contributed by atoms with Crippen molar-refractivity contribution in [2.24, 2.45) is 0 Å². The van der Waals surface area contributed by atoms with Crippen LogP contribution in [0.15, 0.2) is 24.3 Å². The van der Waals surface area contributed by atoms with Crippen molar-refractivity contribution >= 4 is 27.6 Å². The molecule has 1 atom stereocenters. The third kappa shape index (κ3) is 3.83. The standard InChI is InChI=1S/C14H18N2O5S/c1-21-13(17)9-16-12-6-4-3-5-10(12)7-8-11(14(16)18)15-22(2,19)20/h3-6,11,15H,7-9H2,1-2H3. The molecule has 1 aromatic rings. The summed E-state index contributed by atoms with van der Waals surface area (Å²) in [4.78, 5) is 25.5. The molecule has 1 aromatic carbocycles. The highest BCUT2D eigenvalue weighted by atomic mass is 32.2. The molecule has 1 amide bonds. The first-order chi connectivity index (χ1) is 10.3. The number of amides is 1. The van der Waals surface area contributed by atoms with Crippen LogP contribution in [0.5, 0.6) is 0 Å². The van der Waals surface area contributed by atoms with Crippen LogP contribution in [0.1, 0.15) is 12.0 Å². The summed E-state index contributed by atoms with van der Waals surface area (Å²) < 4.78 is 29.8. The molecule has 0 radical (unpaired) electrons. The lowest BCUT2D eigenvalue weighted by Gasteiger charge is -2.24. The average Bonchev–Trinajstić information content (AvgIpc) is 2.58. The maximum atomic E-state index is 12.6. The molecule has 8 heteroatoms. The lowest BCUT2D eigenvalue weighted by atomic mass is 10.1. The average molecular weight is 326 g/mol. The number of anilines is 1. The van der Waals surface area contributed by atoms with Crippen molar-refractivity contribution in [1.29, 1.82) is 0 Å². The van der Waals surface area contributed by atoms with Crippen LogP contribution >= 0.6 is 0 Å². The number of ether oxygens (including phenoxy) is 1. The number of esters is 1. The Labute approximate surface area is 129 Å². The third-order valence-corrected chi connectivity index (χ3v) is 4.13. The van der Waals surface area contributed by atoms with Gasteiger partial charge < -0.3 is 4.74 Å². The molecular weight excluding hydrogens is 308 g/mol. The van der Waals surface area contributed by atoms with Crippen molar-refractivity contribution in [2.75, 3.05) is 24.8 Å². The Balaban J connectivity index is 2.38. The van der Waals surface area contributed by atoms with Gasteiger partial charge in [0.2, 0.25) is 15.9 Å². The zero-order valence-electron chi connectivity index (χ0n) is 12.4. The second-order valence-corrected chi connectivity index (χ2v) is 6.89. The predicted molar refractivity (Wildman–Crippen MR) is 80.9 cm³/mol. The monoisotopic (exact) mass is 326 g/mol. The molecule has 0 saturated carbocycles. The summed E-state index contributed by atoms with van der Waals surface area (Å²) in [5.41, 5.74) is 1.49. The fraction of sp³-hybridized carbons (Fsp3) is 0.429. The van der Waals surface area contributed by atoms with Crippen LogP contribution in [0.3, 0.4) is 0 Å². The number of fused-ring (bicyclic) bond motifs is 1. The summed E-state index contributed by atoms with van der Waals surface area (Å²) in [7, 11) is -2.29. The van der Waals surface area contributed by atoms with Crippen molar-refractivity contribution in [1.82, 2.24) is 4.72 Å². The maximum absolute atomic E-state index is 12.6. The molecule has 0 fully saturated rings. The fourth-order valence-corrected chi connectivity index (χ4v) is 3.18. The van der Waals surface area contributed by atoms with E-state index in [2.05, 4.69) is 9.46 Å². The number of carbonyl (C=O) groups excluding carboxylic acids is 2. The number of rotatable bonds is 4. The number of para-hydroxylation sites is 1. The third-order valence-electron chi connectivity index (χ3n) is 3.42. The van der Waals surface area contributed by atoms with Crippen LogP contribution in [0, 0.1) is 0 Å². The van der Waals surface area contributed by atoms with E-state index in [4.69, 9.17) is 0 Å². The van der Waals surface area contributed by atoms with E-state index >= 15 is 0 Å². The van der Waals surface area contributed by atoms with Gasteiger partial charge in [0.25, 0.3) is 0 Å². The van der Waals surface area contributed by atoms with Gasteiger partial charge in [-0.05, 0) is 24.5 Å². The molecular formula is C14H18N2O5S. The van der Waals surface area contributed by atoms with Gasteiger partial charge in [0, 0.05) is 5.69 Å². The normalized spacial score (nSPS) is 18.5. The van der Waals surface area contributed by atoms with Gasteiger partial charge in [-0.2, -0.15) is 0 Å². The first kappa shape index (κ1) is 16.4. The fourth-order valence-electron chi connectivity index (χ4n) is 2.44.